The van der Waals surface area contributed by atoms with Gasteiger partial charge in [0.25, 0.3) is 0 Å². The summed E-state index contributed by atoms with van der Waals surface area (Å²) >= 11 is 1.45. The third-order valence-corrected chi connectivity index (χ3v) is 3.33. The number of hydrogen-bond acceptors (Lipinski definition) is 5. The molecule has 2 aromatic rings. The van der Waals surface area contributed by atoms with Gasteiger partial charge in [-0.25, -0.2) is 9.78 Å². The van der Waals surface area contributed by atoms with E-state index in [1.165, 1.54) is 18.9 Å². The van der Waals surface area contributed by atoms with Gasteiger partial charge in [-0.05, 0) is 30.3 Å². The molecule has 0 unspecified atom stereocenters. The minimum atomic E-state index is -0.393. The van der Waals surface area contributed by atoms with Crippen molar-refractivity contribution in [3.8, 4) is 0 Å². The van der Waals surface area contributed by atoms with Crippen LogP contribution in [0, 0.1) is 0 Å². The molecule has 1 heterocycles. The highest BCUT2D eigenvalue weighted by Crippen LogP contribution is 2.31. The van der Waals surface area contributed by atoms with E-state index in [0.29, 0.717) is 11.3 Å². The minimum Gasteiger partial charge on any atom is -0.465 e. The number of anilines is 1. The van der Waals surface area contributed by atoms with Crippen molar-refractivity contribution in [2.24, 2.45) is 0 Å². The molecule has 1 aromatic carbocycles. The molecule has 0 saturated heterocycles. The third kappa shape index (κ3) is 2.81. The van der Waals surface area contributed by atoms with Crippen molar-refractivity contribution in [3.63, 3.8) is 0 Å². The highest BCUT2D eigenvalue weighted by atomic mass is 32.2. The van der Waals surface area contributed by atoms with Crippen LogP contribution in [0.3, 0.4) is 0 Å². The summed E-state index contributed by atoms with van der Waals surface area (Å²) in [5, 5.41) is 0.856. The maximum absolute atomic E-state index is 11.3. The fourth-order valence-corrected chi connectivity index (χ4v) is 2.20. The second-order valence-electron chi connectivity index (χ2n) is 3.51. The molecule has 5 heteroatoms. The van der Waals surface area contributed by atoms with Crippen LogP contribution >= 0.6 is 11.8 Å². The quantitative estimate of drug-likeness (QED) is 0.678. The number of nitrogens with zero attached hydrogens (tertiary/aromatic N) is 1. The summed E-state index contributed by atoms with van der Waals surface area (Å²) in [7, 11) is 1.34. The molecule has 0 amide bonds. The van der Waals surface area contributed by atoms with Crippen LogP contribution in [0.2, 0.25) is 0 Å². The minimum absolute atomic E-state index is 0.393. The van der Waals surface area contributed by atoms with Crippen molar-refractivity contribution < 1.29 is 9.53 Å². The van der Waals surface area contributed by atoms with Crippen LogP contribution in [0.5, 0.6) is 0 Å². The Kier molecular flexibility index (Phi) is 3.84. The standard InChI is InChI=1S/C13H12N2O2S/c1-17-13(16)9-5-6-11(10(14)8-9)18-12-4-2-3-7-15-12/h2-8H,14H2,1H3. The van der Waals surface area contributed by atoms with Crippen molar-refractivity contribution in [1.29, 1.82) is 0 Å². The molecule has 0 atom stereocenters. The lowest BCUT2D eigenvalue weighted by atomic mass is 10.2. The number of pyridine rings is 1. The fourth-order valence-electron chi connectivity index (χ4n) is 1.41. The van der Waals surface area contributed by atoms with Crippen molar-refractivity contribution in [2.75, 3.05) is 12.8 Å². The van der Waals surface area contributed by atoms with Gasteiger partial charge in [-0.1, -0.05) is 17.8 Å². The topological polar surface area (TPSA) is 65.2 Å². The average Bonchev–Trinajstić information content (AvgIpc) is 2.41. The van der Waals surface area contributed by atoms with E-state index in [0.717, 1.165) is 9.92 Å². The van der Waals surface area contributed by atoms with Gasteiger partial charge in [-0.15, -0.1) is 0 Å². The number of benzene rings is 1. The summed E-state index contributed by atoms with van der Waals surface area (Å²) in [5.41, 5.74) is 6.89. The first-order chi connectivity index (χ1) is 8.70. The van der Waals surface area contributed by atoms with E-state index in [2.05, 4.69) is 9.72 Å². The van der Waals surface area contributed by atoms with Crippen molar-refractivity contribution in [1.82, 2.24) is 4.98 Å². The number of ether oxygens (including phenoxy) is 1. The molecule has 0 fully saturated rings. The lowest BCUT2D eigenvalue weighted by Crippen LogP contribution is -2.02. The van der Waals surface area contributed by atoms with E-state index in [1.54, 1.807) is 24.4 Å². The van der Waals surface area contributed by atoms with Gasteiger partial charge in [-0.3, -0.25) is 0 Å². The first-order valence-corrected chi connectivity index (χ1v) is 6.09. The number of carbonyl (C=O) groups excluding carboxylic acids is 1. The predicted octanol–water partition coefficient (Wildman–Crippen LogP) is 2.60. The van der Waals surface area contributed by atoms with Gasteiger partial charge in [0, 0.05) is 16.8 Å². The van der Waals surface area contributed by atoms with Gasteiger partial charge in [0.15, 0.2) is 0 Å². The van der Waals surface area contributed by atoms with E-state index in [1.807, 2.05) is 18.2 Å². The van der Waals surface area contributed by atoms with Gasteiger partial charge >= 0.3 is 5.97 Å². The van der Waals surface area contributed by atoms with E-state index in [9.17, 15) is 4.79 Å². The molecular formula is C13H12N2O2S. The largest absolute Gasteiger partial charge is 0.465 e. The van der Waals surface area contributed by atoms with Crippen LogP contribution < -0.4 is 5.73 Å². The Hall–Kier alpha value is -2.01. The molecule has 2 N–H and O–H groups in total. The van der Waals surface area contributed by atoms with Gasteiger partial charge in [0.05, 0.1) is 12.7 Å². The maximum Gasteiger partial charge on any atom is 0.337 e. The summed E-state index contributed by atoms with van der Waals surface area (Å²) in [6.45, 7) is 0. The van der Waals surface area contributed by atoms with Crippen molar-refractivity contribution in [2.45, 2.75) is 9.92 Å². The van der Waals surface area contributed by atoms with E-state index >= 15 is 0 Å². The second-order valence-corrected chi connectivity index (χ2v) is 4.58. The molecule has 2 rings (SSSR count). The number of carbonyl (C=O) groups is 1. The number of methoxy groups -OCH3 is 1. The van der Waals surface area contributed by atoms with Gasteiger partial charge in [0.1, 0.15) is 5.03 Å². The number of rotatable bonds is 3. The molecule has 18 heavy (non-hydrogen) atoms. The SMILES string of the molecule is COC(=O)c1ccc(Sc2ccccn2)c(N)c1. The molecule has 1 aromatic heterocycles. The molecule has 0 aliphatic carbocycles. The zero-order valence-corrected chi connectivity index (χ0v) is 10.6. The second kappa shape index (κ2) is 5.55. The van der Waals surface area contributed by atoms with Gasteiger partial charge in [0.2, 0.25) is 0 Å². The van der Waals surface area contributed by atoms with E-state index in [4.69, 9.17) is 5.73 Å². The lowest BCUT2D eigenvalue weighted by molar-refractivity contribution is 0.0600. The summed E-state index contributed by atoms with van der Waals surface area (Å²) in [5.74, 6) is -0.393. The Bertz CT molecular complexity index is 558. The molecule has 0 bridgehead atoms. The first kappa shape index (κ1) is 12.4. The van der Waals surface area contributed by atoms with E-state index in [-0.39, 0.29) is 0 Å². The Morgan fingerprint density at radius 1 is 1.33 bits per heavy atom. The Balaban J connectivity index is 2.23. The summed E-state index contributed by atoms with van der Waals surface area (Å²) < 4.78 is 4.64. The maximum atomic E-state index is 11.3. The number of esters is 1. The summed E-state index contributed by atoms with van der Waals surface area (Å²) in [6.07, 6.45) is 1.72. The highest BCUT2D eigenvalue weighted by molar-refractivity contribution is 7.99. The summed E-state index contributed by atoms with van der Waals surface area (Å²) in [6, 6.07) is 10.8. The molecule has 0 saturated carbocycles. The van der Waals surface area contributed by atoms with Crippen LogP contribution in [-0.4, -0.2) is 18.1 Å². The van der Waals surface area contributed by atoms with Crippen LogP contribution in [-0.2, 0) is 4.74 Å². The van der Waals surface area contributed by atoms with Gasteiger partial charge in [-0.2, -0.15) is 0 Å². The van der Waals surface area contributed by atoms with Crippen molar-refractivity contribution >= 4 is 23.4 Å². The Labute approximate surface area is 109 Å². The van der Waals surface area contributed by atoms with Crippen LogP contribution in [0.4, 0.5) is 5.69 Å². The molecule has 92 valence electrons. The lowest BCUT2D eigenvalue weighted by Gasteiger charge is -2.06. The zero-order chi connectivity index (χ0) is 13.0. The van der Waals surface area contributed by atoms with Crippen LogP contribution in [0.15, 0.2) is 52.5 Å². The summed E-state index contributed by atoms with van der Waals surface area (Å²) in [4.78, 5) is 16.4. The number of aromatic nitrogens is 1. The third-order valence-electron chi connectivity index (χ3n) is 2.28. The van der Waals surface area contributed by atoms with E-state index < -0.39 is 5.97 Å². The van der Waals surface area contributed by atoms with Crippen molar-refractivity contribution in [3.05, 3.63) is 48.2 Å². The molecule has 4 nitrogen and oxygen atoms in total. The molecule has 0 radical (unpaired) electrons. The zero-order valence-electron chi connectivity index (χ0n) is 9.79. The first-order valence-electron chi connectivity index (χ1n) is 5.27. The smallest absolute Gasteiger partial charge is 0.337 e. The predicted molar refractivity (Wildman–Crippen MR) is 70.6 cm³/mol. The van der Waals surface area contributed by atoms with Crippen LogP contribution in [0.25, 0.3) is 0 Å². The molecule has 0 aliphatic heterocycles. The highest BCUT2D eigenvalue weighted by Gasteiger charge is 2.09. The number of nitrogen functional groups attached to an aromatic ring is 1. The molecule has 0 aliphatic rings. The normalized spacial score (nSPS) is 10.1. The van der Waals surface area contributed by atoms with Gasteiger partial charge < -0.3 is 10.5 Å². The average molecular weight is 260 g/mol. The monoisotopic (exact) mass is 260 g/mol. The number of nitrogens with two attached hydrogens (primary N) is 1. The molecule has 0 spiro atoms. The Morgan fingerprint density at radius 3 is 2.78 bits per heavy atom. The number of hydrogen-bond donors (Lipinski definition) is 1. The molecular weight excluding hydrogens is 248 g/mol. The van der Waals surface area contributed by atoms with Crippen LogP contribution in [0.1, 0.15) is 10.4 Å². The fraction of sp³-hybridized carbons (Fsp3) is 0.0769. The Morgan fingerprint density at radius 2 is 2.17 bits per heavy atom.